The Labute approximate surface area is 131 Å². The second-order valence-corrected chi connectivity index (χ2v) is 5.55. The molecule has 0 saturated heterocycles. The number of rotatable bonds is 5. The molecule has 106 valence electrons. The van der Waals surface area contributed by atoms with Crippen LogP contribution in [-0.2, 0) is 0 Å². The predicted octanol–water partition coefficient (Wildman–Crippen LogP) is 4.54. The first-order valence-electron chi connectivity index (χ1n) is 6.34. The summed E-state index contributed by atoms with van der Waals surface area (Å²) >= 11 is 2.09. The lowest BCUT2D eigenvalue weighted by atomic mass is 10.2. The van der Waals surface area contributed by atoms with E-state index in [0.29, 0.717) is 12.3 Å². The molecular formula is C15H16FIN2O. The van der Waals surface area contributed by atoms with Crippen LogP contribution in [0, 0.1) is 9.39 Å². The molecule has 3 nitrogen and oxygen atoms in total. The SMILES string of the molecule is CCCOc1cc(N)cc(Nc2ccc(F)cc2I)c1. The Kier molecular flexibility index (Phi) is 5.05. The molecule has 2 aromatic rings. The molecule has 20 heavy (non-hydrogen) atoms. The smallest absolute Gasteiger partial charge is 0.124 e. The van der Waals surface area contributed by atoms with Crippen LogP contribution in [0.3, 0.4) is 0 Å². The first-order chi connectivity index (χ1) is 9.58. The second kappa shape index (κ2) is 6.78. The van der Waals surface area contributed by atoms with Crippen LogP contribution < -0.4 is 15.8 Å². The summed E-state index contributed by atoms with van der Waals surface area (Å²) < 4.78 is 19.5. The predicted molar refractivity (Wildman–Crippen MR) is 89.0 cm³/mol. The fourth-order valence-corrected chi connectivity index (χ4v) is 2.36. The van der Waals surface area contributed by atoms with E-state index in [4.69, 9.17) is 10.5 Å². The molecule has 0 radical (unpaired) electrons. The van der Waals surface area contributed by atoms with Gasteiger partial charge in [-0.1, -0.05) is 6.92 Å². The minimum Gasteiger partial charge on any atom is -0.493 e. The van der Waals surface area contributed by atoms with Crippen molar-refractivity contribution in [2.24, 2.45) is 0 Å². The summed E-state index contributed by atoms with van der Waals surface area (Å²) in [6.07, 6.45) is 0.938. The summed E-state index contributed by atoms with van der Waals surface area (Å²) in [5, 5.41) is 3.22. The van der Waals surface area contributed by atoms with Gasteiger partial charge in [-0.25, -0.2) is 4.39 Å². The van der Waals surface area contributed by atoms with E-state index < -0.39 is 0 Å². The Morgan fingerprint density at radius 1 is 1.25 bits per heavy atom. The maximum Gasteiger partial charge on any atom is 0.124 e. The van der Waals surface area contributed by atoms with Crippen LogP contribution in [0.5, 0.6) is 5.75 Å². The third-order valence-electron chi connectivity index (χ3n) is 2.61. The van der Waals surface area contributed by atoms with E-state index in [2.05, 4.69) is 27.9 Å². The van der Waals surface area contributed by atoms with E-state index >= 15 is 0 Å². The highest BCUT2D eigenvalue weighted by Crippen LogP contribution is 2.28. The van der Waals surface area contributed by atoms with Gasteiger partial charge in [-0.15, -0.1) is 0 Å². The van der Waals surface area contributed by atoms with Crippen LogP contribution in [0.4, 0.5) is 21.5 Å². The number of nitrogens with one attached hydrogen (secondary N) is 1. The van der Waals surface area contributed by atoms with Crippen LogP contribution >= 0.6 is 22.6 Å². The monoisotopic (exact) mass is 386 g/mol. The average molecular weight is 386 g/mol. The van der Waals surface area contributed by atoms with Gasteiger partial charge < -0.3 is 15.8 Å². The van der Waals surface area contributed by atoms with Gasteiger partial charge in [0, 0.05) is 27.1 Å². The van der Waals surface area contributed by atoms with Crippen LogP contribution in [0.1, 0.15) is 13.3 Å². The van der Waals surface area contributed by atoms with Crippen molar-refractivity contribution in [1.29, 1.82) is 0 Å². The van der Waals surface area contributed by atoms with Crippen LogP contribution in [0.15, 0.2) is 36.4 Å². The molecule has 0 spiro atoms. The maximum atomic E-state index is 13.1. The highest BCUT2D eigenvalue weighted by atomic mass is 127. The molecule has 2 aromatic carbocycles. The van der Waals surface area contributed by atoms with E-state index in [9.17, 15) is 4.39 Å². The molecule has 0 aliphatic heterocycles. The number of benzene rings is 2. The van der Waals surface area contributed by atoms with Crippen molar-refractivity contribution in [2.75, 3.05) is 17.7 Å². The number of ether oxygens (including phenoxy) is 1. The fourth-order valence-electron chi connectivity index (χ4n) is 1.74. The van der Waals surface area contributed by atoms with E-state index in [1.165, 1.54) is 12.1 Å². The Hall–Kier alpha value is -1.50. The average Bonchev–Trinajstić information content (AvgIpc) is 2.39. The molecule has 2 rings (SSSR count). The van der Waals surface area contributed by atoms with Crippen molar-refractivity contribution in [3.63, 3.8) is 0 Å². The molecule has 0 amide bonds. The van der Waals surface area contributed by atoms with Crippen LogP contribution in [0.25, 0.3) is 0 Å². The highest BCUT2D eigenvalue weighted by molar-refractivity contribution is 14.1. The molecule has 0 unspecified atom stereocenters. The number of halogens is 2. The van der Waals surface area contributed by atoms with Crippen molar-refractivity contribution < 1.29 is 9.13 Å². The fraction of sp³-hybridized carbons (Fsp3) is 0.200. The molecule has 0 aliphatic carbocycles. The number of anilines is 3. The standard InChI is InChI=1S/C15H16FIN2O/c1-2-5-20-13-8-11(18)7-12(9-13)19-15-4-3-10(16)6-14(15)17/h3-4,6-9,19H,2,5,18H2,1H3. The van der Waals surface area contributed by atoms with E-state index in [0.717, 1.165) is 27.1 Å². The summed E-state index contributed by atoms with van der Waals surface area (Å²) in [6, 6.07) is 10.1. The molecule has 0 bridgehead atoms. The summed E-state index contributed by atoms with van der Waals surface area (Å²) in [5.41, 5.74) is 8.14. The quantitative estimate of drug-likeness (QED) is 0.586. The van der Waals surface area contributed by atoms with Crippen LogP contribution in [-0.4, -0.2) is 6.61 Å². The zero-order valence-corrected chi connectivity index (χ0v) is 13.3. The van der Waals surface area contributed by atoms with Gasteiger partial charge in [0.1, 0.15) is 11.6 Å². The zero-order chi connectivity index (χ0) is 14.5. The van der Waals surface area contributed by atoms with Crippen molar-refractivity contribution >= 4 is 39.7 Å². The Morgan fingerprint density at radius 3 is 2.75 bits per heavy atom. The van der Waals surface area contributed by atoms with Crippen molar-refractivity contribution in [3.8, 4) is 5.75 Å². The summed E-state index contributed by atoms with van der Waals surface area (Å²) in [7, 11) is 0. The first-order valence-corrected chi connectivity index (χ1v) is 7.42. The van der Waals surface area contributed by atoms with Gasteiger partial charge in [0.15, 0.2) is 0 Å². The highest BCUT2D eigenvalue weighted by Gasteiger charge is 2.04. The number of nitrogens with two attached hydrogens (primary N) is 1. The number of nitrogen functional groups attached to an aromatic ring is 1. The lowest BCUT2D eigenvalue weighted by molar-refractivity contribution is 0.318. The van der Waals surface area contributed by atoms with Crippen molar-refractivity contribution in [2.45, 2.75) is 13.3 Å². The number of hydrogen-bond donors (Lipinski definition) is 2. The van der Waals surface area contributed by atoms with Gasteiger partial charge >= 0.3 is 0 Å². The normalized spacial score (nSPS) is 10.3. The van der Waals surface area contributed by atoms with Gasteiger partial charge in [-0.3, -0.25) is 0 Å². The van der Waals surface area contributed by atoms with Crippen LogP contribution in [0.2, 0.25) is 0 Å². The molecule has 0 saturated carbocycles. The van der Waals surface area contributed by atoms with Gasteiger partial charge in [0.05, 0.1) is 12.3 Å². The lowest BCUT2D eigenvalue weighted by Gasteiger charge is -2.12. The molecule has 0 heterocycles. The Balaban J connectivity index is 2.21. The molecule has 3 N–H and O–H groups in total. The second-order valence-electron chi connectivity index (χ2n) is 4.39. The molecule has 0 aliphatic rings. The van der Waals surface area contributed by atoms with E-state index in [1.54, 1.807) is 12.1 Å². The Morgan fingerprint density at radius 2 is 2.05 bits per heavy atom. The molecule has 5 heteroatoms. The van der Waals surface area contributed by atoms with E-state index in [-0.39, 0.29) is 5.82 Å². The third-order valence-corrected chi connectivity index (χ3v) is 3.50. The Bertz CT molecular complexity index is 604. The molecule has 0 atom stereocenters. The zero-order valence-electron chi connectivity index (χ0n) is 11.1. The molecule has 0 aromatic heterocycles. The summed E-state index contributed by atoms with van der Waals surface area (Å²) in [5.74, 6) is 0.478. The van der Waals surface area contributed by atoms with Gasteiger partial charge in [-0.05, 0) is 53.3 Å². The minimum absolute atomic E-state index is 0.250. The van der Waals surface area contributed by atoms with Crippen molar-refractivity contribution in [1.82, 2.24) is 0 Å². The topological polar surface area (TPSA) is 47.3 Å². The number of hydrogen-bond acceptors (Lipinski definition) is 3. The summed E-state index contributed by atoms with van der Waals surface area (Å²) in [6.45, 7) is 2.70. The van der Waals surface area contributed by atoms with Gasteiger partial charge in [0.2, 0.25) is 0 Å². The third kappa shape index (κ3) is 4.00. The largest absolute Gasteiger partial charge is 0.493 e. The summed E-state index contributed by atoms with van der Waals surface area (Å²) in [4.78, 5) is 0. The van der Waals surface area contributed by atoms with Crippen molar-refractivity contribution in [3.05, 3.63) is 45.8 Å². The molecular weight excluding hydrogens is 370 g/mol. The van der Waals surface area contributed by atoms with Gasteiger partial charge in [0.25, 0.3) is 0 Å². The van der Waals surface area contributed by atoms with Gasteiger partial charge in [-0.2, -0.15) is 0 Å². The lowest BCUT2D eigenvalue weighted by Crippen LogP contribution is -1.99. The minimum atomic E-state index is -0.250. The first kappa shape index (κ1) is 14.9. The molecule has 0 fully saturated rings. The van der Waals surface area contributed by atoms with E-state index in [1.807, 2.05) is 19.1 Å². The maximum absolute atomic E-state index is 13.1.